The van der Waals surface area contributed by atoms with Gasteiger partial charge in [-0.1, -0.05) is 41.9 Å². The van der Waals surface area contributed by atoms with E-state index in [-0.39, 0.29) is 24.3 Å². The molecule has 1 aromatic heterocycles. The van der Waals surface area contributed by atoms with Crippen molar-refractivity contribution in [3.8, 4) is 22.9 Å². The number of nitrogens with zero attached hydrogens (tertiary/aromatic N) is 1. The van der Waals surface area contributed by atoms with Crippen LogP contribution < -0.4 is 15.4 Å². The van der Waals surface area contributed by atoms with Gasteiger partial charge in [-0.3, -0.25) is 9.59 Å². The van der Waals surface area contributed by atoms with Crippen molar-refractivity contribution in [2.75, 3.05) is 7.05 Å². The minimum atomic E-state index is -0.399. The lowest BCUT2D eigenvalue weighted by Gasteiger charge is -2.19. The van der Waals surface area contributed by atoms with Crippen LogP contribution in [0.15, 0.2) is 66.9 Å². The van der Waals surface area contributed by atoms with Gasteiger partial charge in [-0.05, 0) is 67.3 Å². The molecule has 0 saturated carbocycles. The molecule has 4 aromatic rings. The molecule has 38 heavy (non-hydrogen) atoms. The number of halogens is 1. The number of benzene rings is 3. The van der Waals surface area contributed by atoms with Gasteiger partial charge in [-0.25, -0.2) is 0 Å². The van der Waals surface area contributed by atoms with Crippen LogP contribution in [0.4, 0.5) is 0 Å². The first-order chi connectivity index (χ1) is 18.3. The van der Waals surface area contributed by atoms with Crippen LogP contribution in [0.3, 0.4) is 0 Å². The van der Waals surface area contributed by atoms with Crippen LogP contribution in [-0.4, -0.2) is 36.0 Å². The molecular weight excluding hydrogens is 500 g/mol. The smallest absolute Gasteiger partial charge is 0.255 e. The number of carbonyl (C=O) groups excluding carboxylic acids is 2. The van der Waals surface area contributed by atoms with E-state index in [0.717, 1.165) is 27.6 Å². The number of hydrogen-bond acceptors (Lipinski definition) is 4. The van der Waals surface area contributed by atoms with Crippen molar-refractivity contribution in [1.29, 1.82) is 5.26 Å². The van der Waals surface area contributed by atoms with Gasteiger partial charge in [0.2, 0.25) is 0 Å². The number of para-hydroxylation sites is 1. The van der Waals surface area contributed by atoms with E-state index in [2.05, 4.69) is 21.7 Å². The second kappa shape index (κ2) is 11.8. The van der Waals surface area contributed by atoms with Gasteiger partial charge in [0.25, 0.3) is 11.8 Å². The van der Waals surface area contributed by atoms with Gasteiger partial charge in [0.15, 0.2) is 0 Å². The van der Waals surface area contributed by atoms with E-state index < -0.39 is 6.04 Å². The highest BCUT2D eigenvalue weighted by atomic mass is 35.5. The van der Waals surface area contributed by atoms with Crippen LogP contribution >= 0.6 is 11.6 Å². The average Bonchev–Trinajstić information content (AvgIpc) is 3.31. The normalized spacial score (nSPS) is 11.7. The summed E-state index contributed by atoms with van der Waals surface area (Å²) in [5.41, 5.74) is 4.24. The van der Waals surface area contributed by atoms with Crippen molar-refractivity contribution in [3.05, 3.63) is 88.6 Å². The number of rotatable bonds is 9. The highest BCUT2D eigenvalue weighted by Gasteiger charge is 2.21. The van der Waals surface area contributed by atoms with Crippen LogP contribution in [0.1, 0.15) is 46.5 Å². The third-order valence-electron chi connectivity index (χ3n) is 6.18. The van der Waals surface area contributed by atoms with Gasteiger partial charge in [0, 0.05) is 30.2 Å². The molecule has 0 saturated heterocycles. The monoisotopic (exact) mass is 528 g/mol. The lowest BCUT2D eigenvalue weighted by atomic mass is 9.99. The Morgan fingerprint density at radius 2 is 1.76 bits per heavy atom. The molecule has 3 aromatic carbocycles. The van der Waals surface area contributed by atoms with Crippen LogP contribution in [-0.2, 0) is 6.42 Å². The summed E-state index contributed by atoms with van der Waals surface area (Å²) >= 11 is 6.37. The van der Waals surface area contributed by atoms with Crippen molar-refractivity contribution in [2.45, 2.75) is 38.8 Å². The Morgan fingerprint density at radius 3 is 2.47 bits per heavy atom. The first kappa shape index (κ1) is 26.8. The van der Waals surface area contributed by atoms with E-state index in [1.165, 1.54) is 0 Å². The molecule has 0 spiro atoms. The lowest BCUT2D eigenvalue weighted by molar-refractivity contribution is 0.0929. The molecule has 2 amide bonds. The van der Waals surface area contributed by atoms with E-state index >= 15 is 0 Å². The molecule has 0 aliphatic heterocycles. The number of aromatic amines is 1. The molecule has 1 heterocycles. The zero-order valence-corrected chi connectivity index (χ0v) is 22.2. The van der Waals surface area contributed by atoms with Gasteiger partial charge >= 0.3 is 0 Å². The fraction of sp³-hybridized carbons (Fsp3) is 0.233. The number of fused-ring (bicyclic) bond motifs is 1. The second-order valence-electron chi connectivity index (χ2n) is 9.25. The third kappa shape index (κ3) is 5.99. The maximum Gasteiger partial charge on any atom is 0.255 e. The van der Waals surface area contributed by atoms with Crippen molar-refractivity contribution < 1.29 is 14.3 Å². The molecule has 8 heteroatoms. The molecule has 194 valence electrons. The Hall–Kier alpha value is -4.28. The van der Waals surface area contributed by atoms with Crippen LogP contribution in [0.5, 0.6) is 5.75 Å². The molecule has 0 aliphatic carbocycles. The molecule has 3 N–H and O–H groups in total. The third-order valence-corrected chi connectivity index (χ3v) is 6.49. The first-order valence-corrected chi connectivity index (χ1v) is 12.7. The number of aromatic nitrogens is 1. The summed E-state index contributed by atoms with van der Waals surface area (Å²) < 4.78 is 5.94. The van der Waals surface area contributed by atoms with E-state index in [1.54, 1.807) is 37.4 Å². The molecular formula is C30H29ClN4O3. The van der Waals surface area contributed by atoms with Gasteiger partial charge in [-0.2, -0.15) is 5.26 Å². The molecule has 0 bridgehead atoms. The summed E-state index contributed by atoms with van der Waals surface area (Å²) in [6, 6.07) is 20.2. The SMILES string of the molecule is CNC(=O)c1ccc(-c2ccc(OC(C)C)c(C(=O)NC(CC#N)Cc3c[nH]c4ccccc34)c2)cc1Cl. The van der Waals surface area contributed by atoms with Crippen molar-refractivity contribution in [2.24, 2.45) is 0 Å². The number of nitriles is 1. The summed E-state index contributed by atoms with van der Waals surface area (Å²) in [5.74, 6) is -0.172. The number of amides is 2. The van der Waals surface area contributed by atoms with Crippen molar-refractivity contribution in [3.63, 3.8) is 0 Å². The maximum absolute atomic E-state index is 13.6. The van der Waals surface area contributed by atoms with E-state index in [4.69, 9.17) is 16.3 Å². The maximum atomic E-state index is 13.6. The molecule has 0 aliphatic rings. The molecule has 0 radical (unpaired) electrons. The van der Waals surface area contributed by atoms with E-state index in [1.807, 2.05) is 50.4 Å². The first-order valence-electron chi connectivity index (χ1n) is 12.4. The highest BCUT2D eigenvalue weighted by molar-refractivity contribution is 6.34. The Morgan fingerprint density at radius 1 is 1.03 bits per heavy atom. The highest BCUT2D eigenvalue weighted by Crippen LogP contribution is 2.31. The second-order valence-corrected chi connectivity index (χ2v) is 9.65. The molecule has 1 unspecified atom stereocenters. The zero-order valence-electron chi connectivity index (χ0n) is 21.5. The fourth-order valence-electron chi connectivity index (χ4n) is 4.37. The molecule has 0 fully saturated rings. The Kier molecular flexibility index (Phi) is 8.35. The average molecular weight is 529 g/mol. The fourth-order valence-corrected chi connectivity index (χ4v) is 4.64. The van der Waals surface area contributed by atoms with Crippen LogP contribution in [0.2, 0.25) is 5.02 Å². The quantitative estimate of drug-likeness (QED) is 0.252. The summed E-state index contributed by atoms with van der Waals surface area (Å²) in [6.45, 7) is 3.78. The largest absolute Gasteiger partial charge is 0.490 e. The van der Waals surface area contributed by atoms with Crippen LogP contribution in [0, 0.1) is 11.3 Å². The van der Waals surface area contributed by atoms with Gasteiger partial charge in [-0.15, -0.1) is 0 Å². The van der Waals surface area contributed by atoms with E-state index in [9.17, 15) is 14.9 Å². The van der Waals surface area contributed by atoms with E-state index in [0.29, 0.717) is 28.3 Å². The summed E-state index contributed by atoms with van der Waals surface area (Å²) in [5, 5.41) is 16.4. The number of nitrogens with one attached hydrogen (secondary N) is 3. The molecule has 4 rings (SSSR count). The zero-order chi connectivity index (χ0) is 27.2. The number of ether oxygens (including phenoxy) is 1. The minimum Gasteiger partial charge on any atom is -0.490 e. The van der Waals surface area contributed by atoms with Crippen molar-refractivity contribution in [1.82, 2.24) is 15.6 Å². The topological polar surface area (TPSA) is 107 Å². The summed E-state index contributed by atoms with van der Waals surface area (Å²) in [6.07, 6.45) is 2.43. The predicted octanol–water partition coefficient (Wildman–Crippen LogP) is 5.89. The Bertz CT molecular complexity index is 1520. The number of H-pyrrole nitrogens is 1. The molecule has 7 nitrogen and oxygen atoms in total. The Labute approximate surface area is 226 Å². The lowest BCUT2D eigenvalue weighted by Crippen LogP contribution is -2.36. The van der Waals surface area contributed by atoms with Gasteiger partial charge in [0.1, 0.15) is 5.75 Å². The van der Waals surface area contributed by atoms with Gasteiger partial charge < -0.3 is 20.4 Å². The predicted molar refractivity (Wildman–Crippen MR) is 150 cm³/mol. The standard InChI is InChI=1S/C30H29ClN4O3/c1-18(2)38-28-11-9-19(20-8-10-24(26(31)16-20)29(36)33-3)15-25(28)30(37)35-22(12-13-32)14-21-17-34-27-7-5-4-6-23(21)27/h4-11,15-18,22,34H,12,14H2,1-3H3,(H,33,36)(H,35,37). The number of hydrogen-bond donors (Lipinski definition) is 3. The summed E-state index contributed by atoms with van der Waals surface area (Å²) in [7, 11) is 1.54. The van der Waals surface area contributed by atoms with Gasteiger partial charge in [0.05, 0.1) is 34.7 Å². The van der Waals surface area contributed by atoms with Crippen LogP contribution in [0.25, 0.3) is 22.0 Å². The minimum absolute atomic E-state index is 0.144. The van der Waals surface area contributed by atoms with Crippen molar-refractivity contribution >= 4 is 34.3 Å². The Balaban J connectivity index is 1.64. The summed E-state index contributed by atoms with van der Waals surface area (Å²) in [4.78, 5) is 28.8. The number of carbonyl (C=O) groups is 2. The molecule has 1 atom stereocenters.